The second-order valence-corrected chi connectivity index (χ2v) is 19.5. The Morgan fingerprint density at radius 2 is 0.657 bits per heavy atom. The third-order valence-corrected chi connectivity index (χ3v) is 12.6. The summed E-state index contributed by atoms with van der Waals surface area (Å²) in [6, 6.07) is 0. The first-order valence-corrected chi connectivity index (χ1v) is 29.8. The van der Waals surface area contributed by atoms with E-state index in [1.807, 2.05) is 0 Å². The number of esters is 2. The lowest BCUT2D eigenvalue weighted by Gasteiger charge is -2.18. The highest BCUT2D eigenvalue weighted by Gasteiger charge is 2.17. The molecule has 5 nitrogen and oxygen atoms in total. The van der Waals surface area contributed by atoms with E-state index in [-0.39, 0.29) is 25.2 Å². The Balaban J connectivity index is 4.38. The van der Waals surface area contributed by atoms with E-state index in [4.69, 9.17) is 14.2 Å². The molecule has 0 aliphatic rings. The van der Waals surface area contributed by atoms with Crippen molar-refractivity contribution in [2.24, 2.45) is 0 Å². The molecule has 0 aromatic heterocycles. The van der Waals surface area contributed by atoms with Gasteiger partial charge in [0.2, 0.25) is 0 Å². The van der Waals surface area contributed by atoms with Crippen molar-refractivity contribution < 1.29 is 23.8 Å². The second kappa shape index (κ2) is 60.1. The molecule has 0 aromatic rings. The van der Waals surface area contributed by atoms with E-state index in [0.29, 0.717) is 19.4 Å². The van der Waals surface area contributed by atoms with E-state index in [9.17, 15) is 9.59 Å². The minimum Gasteiger partial charge on any atom is -0.462 e. The van der Waals surface area contributed by atoms with E-state index in [1.54, 1.807) is 0 Å². The predicted molar refractivity (Wildman–Crippen MR) is 306 cm³/mol. The zero-order valence-corrected chi connectivity index (χ0v) is 46.3. The van der Waals surface area contributed by atoms with Crippen LogP contribution in [0, 0.1) is 0 Å². The van der Waals surface area contributed by atoms with Crippen LogP contribution in [0.25, 0.3) is 0 Å². The third kappa shape index (κ3) is 57.4. The minimum absolute atomic E-state index is 0.0535. The van der Waals surface area contributed by atoms with Crippen molar-refractivity contribution in [3.05, 3.63) is 97.2 Å². The normalized spacial score (nSPS) is 12.9. The molecule has 402 valence electrons. The van der Waals surface area contributed by atoms with Crippen LogP contribution in [0.15, 0.2) is 97.2 Å². The standard InChI is InChI=1S/C65H112O5/c1-4-7-10-13-16-19-22-25-28-31-33-35-37-40-43-46-49-52-55-58-64(66)69-62-63(61-68-60-57-54-51-48-45-42-39-36-32-29-26-23-20-17-14-11-8-5-2)70-65(67)59-56-53-50-47-44-41-38-34-30-27-24-21-18-15-12-9-6-3/h9,12,16,18-19,21,25,27-28,30,33,35,38,41,47,50,63H,4-8,10-11,13-15,17,20,22-24,26,29,31-32,34,36-37,39-40,42-46,48-49,51-62H2,1-3H3/b12-9-,19-16-,21-18-,28-25-,30-27-,35-33-,41-38-,50-47-. The Bertz CT molecular complexity index is 1330. The summed E-state index contributed by atoms with van der Waals surface area (Å²) in [6.07, 6.45) is 81.5. The van der Waals surface area contributed by atoms with E-state index in [2.05, 4.69) is 118 Å². The molecule has 0 amide bonds. The molecule has 0 saturated heterocycles. The van der Waals surface area contributed by atoms with Crippen molar-refractivity contribution in [2.45, 2.75) is 284 Å². The maximum atomic E-state index is 12.9. The van der Waals surface area contributed by atoms with Crippen LogP contribution in [0.5, 0.6) is 0 Å². The highest BCUT2D eigenvalue weighted by atomic mass is 16.6. The molecule has 0 bridgehead atoms. The van der Waals surface area contributed by atoms with Gasteiger partial charge in [0.15, 0.2) is 6.10 Å². The molecule has 0 aromatic carbocycles. The van der Waals surface area contributed by atoms with E-state index >= 15 is 0 Å². The summed E-state index contributed by atoms with van der Waals surface area (Å²) in [7, 11) is 0. The Morgan fingerprint density at radius 1 is 0.329 bits per heavy atom. The van der Waals surface area contributed by atoms with Gasteiger partial charge in [-0.15, -0.1) is 0 Å². The summed E-state index contributed by atoms with van der Waals surface area (Å²) < 4.78 is 17.4. The molecule has 0 heterocycles. The zero-order valence-electron chi connectivity index (χ0n) is 46.3. The minimum atomic E-state index is -0.576. The van der Waals surface area contributed by atoms with Gasteiger partial charge in [-0.1, -0.05) is 266 Å². The highest BCUT2D eigenvalue weighted by molar-refractivity contribution is 5.70. The van der Waals surface area contributed by atoms with E-state index < -0.39 is 6.10 Å². The average Bonchev–Trinajstić information content (AvgIpc) is 3.36. The van der Waals surface area contributed by atoms with Gasteiger partial charge >= 0.3 is 11.9 Å². The molecule has 0 spiro atoms. The summed E-state index contributed by atoms with van der Waals surface area (Å²) in [5.74, 6) is -0.473. The fourth-order valence-electron chi connectivity index (χ4n) is 8.20. The van der Waals surface area contributed by atoms with Gasteiger partial charge in [-0.25, -0.2) is 0 Å². The molecule has 0 aliphatic carbocycles. The van der Waals surface area contributed by atoms with Gasteiger partial charge in [0.25, 0.3) is 0 Å². The lowest BCUT2D eigenvalue weighted by Crippen LogP contribution is -2.30. The number of unbranched alkanes of at least 4 members (excludes halogenated alkanes) is 27. The summed E-state index contributed by atoms with van der Waals surface area (Å²) in [6.45, 7) is 7.64. The molecule has 0 radical (unpaired) electrons. The van der Waals surface area contributed by atoms with Crippen molar-refractivity contribution >= 4 is 11.9 Å². The molecule has 5 heteroatoms. The first kappa shape index (κ1) is 66.8. The Hall–Kier alpha value is -3.18. The monoisotopic (exact) mass is 973 g/mol. The van der Waals surface area contributed by atoms with Crippen LogP contribution >= 0.6 is 0 Å². The fraction of sp³-hybridized carbons (Fsp3) is 0.723. The lowest BCUT2D eigenvalue weighted by atomic mass is 10.0. The lowest BCUT2D eigenvalue weighted by molar-refractivity contribution is -0.162. The Kier molecular flexibility index (Phi) is 57.4. The second-order valence-electron chi connectivity index (χ2n) is 19.5. The van der Waals surface area contributed by atoms with Crippen LogP contribution in [0.4, 0.5) is 0 Å². The number of hydrogen-bond acceptors (Lipinski definition) is 5. The van der Waals surface area contributed by atoms with Crippen LogP contribution in [-0.4, -0.2) is 37.9 Å². The number of rotatable bonds is 54. The summed E-state index contributed by atoms with van der Waals surface area (Å²) in [4.78, 5) is 25.5. The van der Waals surface area contributed by atoms with Crippen molar-refractivity contribution in [3.63, 3.8) is 0 Å². The Labute approximate surface area is 434 Å². The van der Waals surface area contributed by atoms with Crippen LogP contribution in [0.3, 0.4) is 0 Å². The van der Waals surface area contributed by atoms with E-state index in [0.717, 1.165) is 96.3 Å². The maximum Gasteiger partial charge on any atom is 0.306 e. The van der Waals surface area contributed by atoms with Gasteiger partial charge in [0, 0.05) is 19.4 Å². The van der Waals surface area contributed by atoms with Crippen LogP contribution < -0.4 is 0 Å². The fourth-order valence-corrected chi connectivity index (χ4v) is 8.20. The molecular weight excluding hydrogens is 861 g/mol. The molecular formula is C65H112O5. The molecule has 0 N–H and O–H groups in total. The smallest absolute Gasteiger partial charge is 0.306 e. The van der Waals surface area contributed by atoms with Crippen LogP contribution in [0.1, 0.15) is 278 Å². The van der Waals surface area contributed by atoms with E-state index in [1.165, 1.54) is 148 Å². The van der Waals surface area contributed by atoms with Gasteiger partial charge in [0.1, 0.15) is 6.61 Å². The van der Waals surface area contributed by atoms with Gasteiger partial charge < -0.3 is 14.2 Å². The quantitative estimate of drug-likeness (QED) is 0.0345. The zero-order chi connectivity index (χ0) is 50.6. The average molecular weight is 974 g/mol. The summed E-state index contributed by atoms with van der Waals surface area (Å²) >= 11 is 0. The molecule has 0 saturated carbocycles. The van der Waals surface area contributed by atoms with Crippen molar-refractivity contribution in [1.82, 2.24) is 0 Å². The van der Waals surface area contributed by atoms with Gasteiger partial charge in [-0.2, -0.15) is 0 Å². The molecule has 0 rings (SSSR count). The molecule has 1 atom stereocenters. The highest BCUT2D eigenvalue weighted by Crippen LogP contribution is 2.15. The molecule has 0 fully saturated rings. The number of hydrogen-bond donors (Lipinski definition) is 0. The van der Waals surface area contributed by atoms with Crippen molar-refractivity contribution in [3.8, 4) is 0 Å². The first-order valence-electron chi connectivity index (χ1n) is 29.8. The predicted octanol–water partition coefficient (Wildman–Crippen LogP) is 20.6. The number of carbonyl (C=O) groups is 2. The van der Waals surface area contributed by atoms with Gasteiger partial charge in [0.05, 0.1) is 6.61 Å². The van der Waals surface area contributed by atoms with Crippen LogP contribution in [0.2, 0.25) is 0 Å². The number of allylic oxidation sites excluding steroid dienone is 16. The van der Waals surface area contributed by atoms with Crippen LogP contribution in [-0.2, 0) is 23.8 Å². The van der Waals surface area contributed by atoms with Crippen molar-refractivity contribution in [1.29, 1.82) is 0 Å². The van der Waals surface area contributed by atoms with Gasteiger partial charge in [-0.3, -0.25) is 9.59 Å². The molecule has 70 heavy (non-hydrogen) atoms. The topological polar surface area (TPSA) is 61.8 Å². The Morgan fingerprint density at radius 3 is 1.10 bits per heavy atom. The SMILES string of the molecule is CC/C=C\C/C=C\C/C=C\C/C=C\C/C=C\CCCC(=O)OC(COCCCCCCCCCCCCCCCCCCCC)COC(=O)CCCCCCCC/C=C\C/C=C\C/C=C\CCCCC. The summed E-state index contributed by atoms with van der Waals surface area (Å²) in [5.41, 5.74) is 0. The largest absolute Gasteiger partial charge is 0.462 e. The van der Waals surface area contributed by atoms with Gasteiger partial charge in [-0.05, 0) is 96.3 Å². The number of ether oxygens (including phenoxy) is 3. The molecule has 0 aliphatic heterocycles. The maximum absolute atomic E-state index is 12.9. The molecule has 1 unspecified atom stereocenters. The first-order chi connectivity index (χ1) is 34.6. The summed E-state index contributed by atoms with van der Waals surface area (Å²) in [5, 5.41) is 0. The third-order valence-electron chi connectivity index (χ3n) is 12.6. The van der Waals surface area contributed by atoms with Crippen molar-refractivity contribution in [2.75, 3.05) is 19.8 Å². The number of carbonyl (C=O) groups excluding carboxylic acids is 2.